The number of H-pyrrole nitrogens is 1. The molecule has 4 nitrogen and oxygen atoms in total. The molecule has 1 aromatic heterocycles. The highest BCUT2D eigenvalue weighted by Gasteiger charge is 2.12. The zero-order valence-corrected chi connectivity index (χ0v) is 10.3. The number of benzene rings is 1. The molecule has 100 valence electrons. The second kappa shape index (κ2) is 5.27. The Bertz CT molecular complexity index is 634. The number of aryl methyl sites for hydroxylation is 1. The summed E-state index contributed by atoms with van der Waals surface area (Å²) in [4.78, 5) is 17.9. The van der Waals surface area contributed by atoms with Crippen LogP contribution in [0.3, 0.4) is 0 Å². The van der Waals surface area contributed by atoms with Crippen molar-refractivity contribution in [2.75, 3.05) is 0 Å². The van der Waals surface area contributed by atoms with Gasteiger partial charge < -0.3 is 10.7 Å². The Labute approximate surface area is 108 Å². The maximum Gasteiger partial charge on any atom is 0.251 e. The molecule has 0 aliphatic carbocycles. The Hall–Kier alpha value is -2.08. The molecule has 0 fully saturated rings. The van der Waals surface area contributed by atoms with E-state index < -0.39 is 17.7 Å². The Morgan fingerprint density at radius 3 is 2.47 bits per heavy atom. The van der Waals surface area contributed by atoms with Crippen molar-refractivity contribution < 1.29 is 8.78 Å². The minimum absolute atomic E-state index is 0.182. The van der Waals surface area contributed by atoms with Gasteiger partial charge >= 0.3 is 0 Å². The van der Waals surface area contributed by atoms with E-state index in [0.717, 1.165) is 6.07 Å². The van der Waals surface area contributed by atoms with Crippen LogP contribution in [0.1, 0.15) is 23.1 Å². The lowest BCUT2D eigenvalue weighted by Gasteiger charge is -2.11. The first-order valence-corrected chi connectivity index (χ1v) is 5.72. The second-order valence-corrected chi connectivity index (χ2v) is 4.36. The molecule has 0 aliphatic rings. The molecule has 0 radical (unpaired) electrons. The van der Waals surface area contributed by atoms with E-state index in [1.807, 2.05) is 0 Å². The Balaban J connectivity index is 2.25. The van der Waals surface area contributed by atoms with Crippen molar-refractivity contribution in [3.8, 4) is 0 Å². The Kier molecular flexibility index (Phi) is 3.71. The highest BCUT2D eigenvalue weighted by atomic mass is 19.1. The van der Waals surface area contributed by atoms with Crippen LogP contribution in [0, 0.1) is 18.6 Å². The van der Waals surface area contributed by atoms with E-state index in [-0.39, 0.29) is 12.0 Å². The summed E-state index contributed by atoms with van der Waals surface area (Å²) in [6, 6.07) is 3.92. The molecule has 0 aliphatic heterocycles. The highest BCUT2D eigenvalue weighted by Crippen LogP contribution is 2.14. The summed E-state index contributed by atoms with van der Waals surface area (Å²) >= 11 is 0. The highest BCUT2D eigenvalue weighted by molar-refractivity contribution is 5.20. The number of nitrogens with zero attached hydrogens (tertiary/aromatic N) is 1. The molecule has 1 unspecified atom stereocenters. The van der Waals surface area contributed by atoms with Crippen molar-refractivity contribution in [1.82, 2.24) is 9.97 Å². The van der Waals surface area contributed by atoms with Crippen LogP contribution in [0.25, 0.3) is 0 Å². The van der Waals surface area contributed by atoms with E-state index in [9.17, 15) is 13.6 Å². The van der Waals surface area contributed by atoms with E-state index in [1.165, 1.54) is 18.2 Å². The van der Waals surface area contributed by atoms with E-state index in [0.29, 0.717) is 17.1 Å². The molecule has 0 saturated carbocycles. The van der Waals surface area contributed by atoms with Gasteiger partial charge in [-0.15, -0.1) is 0 Å². The maximum atomic E-state index is 13.1. The van der Waals surface area contributed by atoms with Crippen molar-refractivity contribution in [2.45, 2.75) is 19.4 Å². The third-order valence-corrected chi connectivity index (χ3v) is 2.62. The van der Waals surface area contributed by atoms with Gasteiger partial charge in [-0.25, -0.2) is 13.8 Å². The summed E-state index contributed by atoms with van der Waals surface area (Å²) < 4.78 is 26.1. The van der Waals surface area contributed by atoms with Crippen LogP contribution >= 0.6 is 0 Å². The van der Waals surface area contributed by atoms with Crippen molar-refractivity contribution in [3.05, 3.63) is 63.3 Å². The van der Waals surface area contributed by atoms with Gasteiger partial charge in [0, 0.05) is 17.8 Å². The van der Waals surface area contributed by atoms with Crippen molar-refractivity contribution in [3.63, 3.8) is 0 Å². The third kappa shape index (κ3) is 3.45. The molecular weight excluding hydrogens is 252 g/mol. The van der Waals surface area contributed by atoms with E-state index in [4.69, 9.17) is 5.73 Å². The first-order chi connectivity index (χ1) is 8.94. The van der Waals surface area contributed by atoms with Crippen LogP contribution in [-0.2, 0) is 6.42 Å². The molecular formula is C13H13F2N3O. The third-order valence-electron chi connectivity index (χ3n) is 2.62. The molecule has 19 heavy (non-hydrogen) atoms. The Morgan fingerprint density at radius 2 is 1.89 bits per heavy atom. The number of nitrogens with two attached hydrogens (primary N) is 1. The van der Waals surface area contributed by atoms with Crippen LogP contribution in [-0.4, -0.2) is 9.97 Å². The number of hydrogen-bond donors (Lipinski definition) is 2. The predicted octanol–water partition coefficient (Wildman–Crippen LogP) is 1.60. The molecule has 1 atom stereocenters. The van der Waals surface area contributed by atoms with Gasteiger partial charge in [-0.3, -0.25) is 4.79 Å². The average Bonchev–Trinajstić information content (AvgIpc) is 2.25. The van der Waals surface area contributed by atoms with Gasteiger partial charge in [0.1, 0.15) is 17.5 Å². The monoisotopic (exact) mass is 265 g/mol. The van der Waals surface area contributed by atoms with Crippen LogP contribution in [0.2, 0.25) is 0 Å². The summed E-state index contributed by atoms with van der Waals surface area (Å²) in [5, 5.41) is 0. The second-order valence-electron chi connectivity index (χ2n) is 4.36. The smallest absolute Gasteiger partial charge is 0.251 e. The zero-order chi connectivity index (χ0) is 14.0. The van der Waals surface area contributed by atoms with Gasteiger partial charge in [0.2, 0.25) is 0 Å². The van der Waals surface area contributed by atoms with Crippen LogP contribution in [0.15, 0.2) is 29.1 Å². The predicted molar refractivity (Wildman–Crippen MR) is 66.6 cm³/mol. The topological polar surface area (TPSA) is 71.8 Å². The number of halogens is 2. The fourth-order valence-electron chi connectivity index (χ4n) is 1.86. The first kappa shape index (κ1) is 13.4. The summed E-state index contributed by atoms with van der Waals surface area (Å²) in [5.74, 6) is -1.02. The van der Waals surface area contributed by atoms with Crippen LogP contribution in [0.5, 0.6) is 0 Å². The van der Waals surface area contributed by atoms with E-state index in [2.05, 4.69) is 9.97 Å². The van der Waals surface area contributed by atoms with Gasteiger partial charge in [-0.1, -0.05) is 0 Å². The molecule has 1 heterocycles. The van der Waals surface area contributed by atoms with Gasteiger partial charge in [0.25, 0.3) is 5.56 Å². The lowest BCUT2D eigenvalue weighted by Crippen LogP contribution is -2.21. The fourth-order valence-corrected chi connectivity index (χ4v) is 1.86. The number of rotatable bonds is 3. The lowest BCUT2D eigenvalue weighted by molar-refractivity contribution is 0.574. The standard InChI is InChI=1S/C13H13F2N3O/c1-7-2-12(19)18-13(17-7)11(16)5-8-3-9(14)6-10(15)4-8/h2-4,6,11H,5,16H2,1H3,(H,17,18,19). The lowest BCUT2D eigenvalue weighted by atomic mass is 10.1. The molecule has 2 rings (SSSR count). The SMILES string of the molecule is Cc1cc(=O)[nH]c(C(N)Cc2cc(F)cc(F)c2)n1. The van der Waals surface area contributed by atoms with Crippen molar-refractivity contribution >= 4 is 0 Å². The summed E-state index contributed by atoms with van der Waals surface area (Å²) in [6.07, 6.45) is 0.182. The number of aromatic amines is 1. The van der Waals surface area contributed by atoms with Crippen LogP contribution < -0.4 is 11.3 Å². The quantitative estimate of drug-likeness (QED) is 0.885. The van der Waals surface area contributed by atoms with Crippen molar-refractivity contribution in [2.24, 2.45) is 5.73 Å². The first-order valence-electron chi connectivity index (χ1n) is 5.72. The van der Waals surface area contributed by atoms with Gasteiger partial charge in [-0.2, -0.15) is 0 Å². The average molecular weight is 265 g/mol. The van der Waals surface area contributed by atoms with E-state index in [1.54, 1.807) is 6.92 Å². The molecule has 0 amide bonds. The summed E-state index contributed by atoms with van der Waals surface area (Å²) in [7, 11) is 0. The summed E-state index contributed by atoms with van der Waals surface area (Å²) in [6.45, 7) is 1.67. The minimum atomic E-state index is -0.659. The molecule has 1 aromatic carbocycles. The van der Waals surface area contributed by atoms with Gasteiger partial charge in [-0.05, 0) is 31.0 Å². The Morgan fingerprint density at radius 1 is 1.26 bits per heavy atom. The molecule has 0 saturated heterocycles. The zero-order valence-electron chi connectivity index (χ0n) is 10.3. The fraction of sp³-hybridized carbons (Fsp3) is 0.231. The molecule has 0 bridgehead atoms. The van der Waals surface area contributed by atoms with Crippen molar-refractivity contribution in [1.29, 1.82) is 0 Å². The number of hydrogen-bond acceptors (Lipinski definition) is 3. The summed E-state index contributed by atoms with van der Waals surface area (Å²) in [5.41, 5.74) is 6.54. The molecule has 0 spiro atoms. The molecule has 6 heteroatoms. The normalized spacial score (nSPS) is 12.4. The van der Waals surface area contributed by atoms with Crippen LogP contribution in [0.4, 0.5) is 8.78 Å². The maximum absolute atomic E-state index is 13.1. The van der Waals surface area contributed by atoms with Gasteiger partial charge in [0.15, 0.2) is 0 Å². The van der Waals surface area contributed by atoms with Gasteiger partial charge in [0.05, 0.1) is 6.04 Å². The largest absolute Gasteiger partial charge is 0.321 e. The minimum Gasteiger partial charge on any atom is -0.321 e. The van der Waals surface area contributed by atoms with E-state index >= 15 is 0 Å². The number of nitrogens with one attached hydrogen (secondary N) is 1. The molecule has 3 N–H and O–H groups in total. The number of aromatic nitrogens is 2. The molecule has 2 aromatic rings.